The summed E-state index contributed by atoms with van der Waals surface area (Å²) in [6.45, 7) is 11.8. The summed E-state index contributed by atoms with van der Waals surface area (Å²) in [4.78, 5) is 22.9. The van der Waals surface area contributed by atoms with E-state index in [0.29, 0.717) is 11.3 Å². The Kier molecular flexibility index (Phi) is 11.4. The molecule has 0 radical (unpaired) electrons. The normalized spacial score (nSPS) is 9.74. The van der Waals surface area contributed by atoms with Crippen LogP contribution in [-0.2, 0) is 4.79 Å². The fraction of sp³-hybridized carbons (Fsp3) is 0.364. The van der Waals surface area contributed by atoms with Crippen LogP contribution in [0.25, 0.3) is 0 Å². The van der Waals surface area contributed by atoms with Crippen molar-refractivity contribution < 1.29 is 9.59 Å². The van der Waals surface area contributed by atoms with E-state index in [4.69, 9.17) is 5.73 Å². The average Bonchev–Trinajstić information content (AvgIpc) is 2.63. The van der Waals surface area contributed by atoms with Gasteiger partial charge in [0.05, 0.1) is 6.54 Å². The monoisotopic (exact) mass is 371 g/mol. The molecule has 5 heteroatoms. The molecule has 0 aliphatic heterocycles. The lowest BCUT2D eigenvalue weighted by atomic mass is 10.1. The standard InChI is InChI=1S/C13H19N3O2.C7H8.C2H6/c1-13(2,3)16-12(18)9-4-6-10(7-5-9)15-11(17)8-14;1-7-5-3-2-4-6-7;1-2/h4-7H,8,14H2,1-3H3,(H,15,17)(H,16,18);2-6H,1H3;1-2H3. The summed E-state index contributed by atoms with van der Waals surface area (Å²) < 4.78 is 0. The molecule has 0 bridgehead atoms. The lowest BCUT2D eigenvalue weighted by Gasteiger charge is -2.20. The van der Waals surface area contributed by atoms with Gasteiger partial charge in [0.2, 0.25) is 5.91 Å². The quantitative estimate of drug-likeness (QED) is 0.758. The van der Waals surface area contributed by atoms with Crippen LogP contribution in [0.5, 0.6) is 0 Å². The molecule has 0 aliphatic rings. The molecule has 4 N–H and O–H groups in total. The summed E-state index contributed by atoms with van der Waals surface area (Å²) >= 11 is 0. The van der Waals surface area contributed by atoms with Gasteiger partial charge in [0.15, 0.2) is 0 Å². The predicted octanol–water partition coefficient (Wildman–Crippen LogP) is 4.13. The van der Waals surface area contributed by atoms with Gasteiger partial charge in [-0.05, 0) is 52.0 Å². The number of hydrogen-bond donors (Lipinski definition) is 3. The smallest absolute Gasteiger partial charge is 0.251 e. The van der Waals surface area contributed by atoms with Gasteiger partial charge in [-0.3, -0.25) is 9.59 Å². The van der Waals surface area contributed by atoms with Crippen LogP contribution in [0.15, 0.2) is 54.6 Å². The number of amides is 2. The van der Waals surface area contributed by atoms with Crippen LogP contribution >= 0.6 is 0 Å². The van der Waals surface area contributed by atoms with Gasteiger partial charge >= 0.3 is 0 Å². The number of anilines is 1. The predicted molar refractivity (Wildman–Crippen MR) is 114 cm³/mol. The number of hydrogen-bond acceptors (Lipinski definition) is 3. The Labute approximate surface area is 163 Å². The summed E-state index contributed by atoms with van der Waals surface area (Å²) in [5.74, 6) is -0.402. The number of carbonyl (C=O) groups is 2. The molecule has 0 heterocycles. The third-order valence-corrected chi connectivity index (χ3v) is 3.05. The number of aryl methyl sites for hydroxylation is 1. The SMILES string of the molecule is CC.CC(C)(C)NC(=O)c1ccc(NC(=O)CN)cc1.Cc1ccccc1. The van der Waals surface area contributed by atoms with Crippen molar-refractivity contribution >= 4 is 17.5 Å². The highest BCUT2D eigenvalue weighted by Gasteiger charge is 2.15. The van der Waals surface area contributed by atoms with E-state index in [9.17, 15) is 9.59 Å². The van der Waals surface area contributed by atoms with Crippen molar-refractivity contribution in [1.82, 2.24) is 5.32 Å². The molecule has 0 saturated heterocycles. The van der Waals surface area contributed by atoms with E-state index >= 15 is 0 Å². The molecule has 0 spiro atoms. The van der Waals surface area contributed by atoms with Crippen LogP contribution in [0.2, 0.25) is 0 Å². The maximum absolute atomic E-state index is 11.8. The molecular weight excluding hydrogens is 338 g/mol. The van der Waals surface area contributed by atoms with Gasteiger partial charge in [-0.2, -0.15) is 0 Å². The molecule has 0 unspecified atom stereocenters. The van der Waals surface area contributed by atoms with Crippen LogP contribution in [-0.4, -0.2) is 23.9 Å². The van der Waals surface area contributed by atoms with Crippen LogP contribution in [0.3, 0.4) is 0 Å². The molecule has 2 amide bonds. The van der Waals surface area contributed by atoms with Crippen LogP contribution < -0.4 is 16.4 Å². The van der Waals surface area contributed by atoms with Gasteiger partial charge in [0.25, 0.3) is 5.91 Å². The molecule has 0 atom stereocenters. The van der Waals surface area contributed by atoms with Crippen LogP contribution in [0.4, 0.5) is 5.69 Å². The van der Waals surface area contributed by atoms with E-state index in [2.05, 4.69) is 29.7 Å². The number of carbonyl (C=O) groups excluding carboxylic acids is 2. The van der Waals surface area contributed by atoms with Gasteiger partial charge in [-0.1, -0.05) is 49.7 Å². The lowest BCUT2D eigenvalue weighted by molar-refractivity contribution is -0.114. The largest absolute Gasteiger partial charge is 0.347 e. The Morgan fingerprint density at radius 2 is 1.44 bits per heavy atom. The molecule has 2 rings (SSSR count). The molecule has 0 aromatic heterocycles. The summed E-state index contributed by atoms with van der Waals surface area (Å²) in [5.41, 5.74) is 7.41. The first-order chi connectivity index (χ1) is 12.7. The Hall–Kier alpha value is -2.66. The summed E-state index contributed by atoms with van der Waals surface area (Å²) in [6, 6.07) is 16.9. The first-order valence-corrected chi connectivity index (χ1v) is 9.15. The summed E-state index contributed by atoms with van der Waals surface area (Å²) in [7, 11) is 0. The topological polar surface area (TPSA) is 84.2 Å². The van der Waals surface area contributed by atoms with Crippen molar-refractivity contribution in [3.05, 3.63) is 65.7 Å². The number of rotatable bonds is 3. The van der Waals surface area contributed by atoms with E-state index in [-0.39, 0.29) is 23.9 Å². The van der Waals surface area contributed by atoms with Gasteiger partial charge in [0.1, 0.15) is 0 Å². The Bertz CT molecular complexity index is 675. The molecule has 0 aliphatic carbocycles. The number of benzene rings is 2. The highest BCUT2D eigenvalue weighted by molar-refractivity contribution is 5.96. The van der Waals surface area contributed by atoms with Gasteiger partial charge < -0.3 is 16.4 Å². The molecule has 2 aromatic rings. The maximum atomic E-state index is 11.8. The minimum absolute atomic E-state index is 0.0632. The zero-order valence-electron chi connectivity index (χ0n) is 17.3. The fourth-order valence-corrected chi connectivity index (χ4v) is 1.86. The fourth-order valence-electron chi connectivity index (χ4n) is 1.86. The first-order valence-electron chi connectivity index (χ1n) is 9.15. The minimum Gasteiger partial charge on any atom is -0.347 e. The third kappa shape index (κ3) is 11.5. The van der Waals surface area contributed by atoms with E-state index in [1.54, 1.807) is 24.3 Å². The first kappa shape index (κ1) is 24.3. The molecule has 0 fully saturated rings. The molecule has 0 saturated carbocycles. The lowest BCUT2D eigenvalue weighted by Crippen LogP contribution is -2.40. The second-order valence-electron chi connectivity index (χ2n) is 6.69. The van der Waals surface area contributed by atoms with E-state index in [1.807, 2.05) is 52.8 Å². The Balaban J connectivity index is 0.000000621. The van der Waals surface area contributed by atoms with Crippen molar-refractivity contribution in [2.75, 3.05) is 11.9 Å². The number of nitrogens with two attached hydrogens (primary N) is 1. The minimum atomic E-state index is -0.274. The summed E-state index contributed by atoms with van der Waals surface area (Å²) in [5, 5.41) is 5.47. The Morgan fingerprint density at radius 3 is 1.81 bits per heavy atom. The molecule has 5 nitrogen and oxygen atoms in total. The zero-order valence-corrected chi connectivity index (χ0v) is 17.3. The summed E-state index contributed by atoms with van der Waals surface area (Å²) in [6.07, 6.45) is 0. The molecular formula is C22H33N3O2. The van der Waals surface area contributed by atoms with Crippen LogP contribution in [0.1, 0.15) is 50.5 Å². The van der Waals surface area contributed by atoms with E-state index in [0.717, 1.165) is 0 Å². The van der Waals surface area contributed by atoms with Crippen molar-refractivity contribution in [3.63, 3.8) is 0 Å². The van der Waals surface area contributed by atoms with E-state index < -0.39 is 0 Å². The second kappa shape index (κ2) is 12.7. The van der Waals surface area contributed by atoms with Gasteiger partial charge in [-0.25, -0.2) is 0 Å². The van der Waals surface area contributed by atoms with Crippen molar-refractivity contribution in [2.24, 2.45) is 5.73 Å². The van der Waals surface area contributed by atoms with Crippen molar-refractivity contribution in [2.45, 2.75) is 47.1 Å². The van der Waals surface area contributed by atoms with Gasteiger partial charge in [0, 0.05) is 16.8 Å². The van der Waals surface area contributed by atoms with Crippen molar-refractivity contribution in [3.8, 4) is 0 Å². The highest BCUT2D eigenvalue weighted by Crippen LogP contribution is 2.10. The molecule has 2 aromatic carbocycles. The van der Waals surface area contributed by atoms with E-state index in [1.165, 1.54) is 5.56 Å². The molecule has 27 heavy (non-hydrogen) atoms. The average molecular weight is 372 g/mol. The van der Waals surface area contributed by atoms with Gasteiger partial charge in [-0.15, -0.1) is 0 Å². The Morgan fingerprint density at radius 1 is 0.926 bits per heavy atom. The zero-order chi connectivity index (χ0) is 20.9. The third-order valence-electron chi connectivity index (χ3n) is 3.05. The second-order valence-corrected chi connectivity index (χ2v) is 6.69. The van der Waals surface area contributed by atoms with Crippen LogP contribution in [0, 0.1) is 6.92 Å². The highest BCUT2D eigenvalue weighted by atomic mass is 16.2. The maximum Gasteiger partial charge on any atom is 0.251 e. The van der Waals surface area contributed by atoms with Crippen molar-refractivity contribution in [1.29, 1.82) is 0 Å². The number of nitrogens with one attached hydrogen (secondary N) is 2. The molecule has 148 valence electrons.